The van der Waals surface area contributed by atoms with Gasteiger partial charge < -0.3 is 14.8 Å². The van der Waals surface area contributed by atoms with E-state index in [2.05, 4.69) is 21.9 Å². The SMILES string of the molecule is CCC1C[C@@H](CO)O[C@H]1n1cnc2c(=O)[nH]cnc21. The van der Waals surface area contributed by atoms with Crippen molar-refractivity contribution in [3.63, 3.8) is 0 Å². The van der Waals surface area contributed by atoms with Crippen molar-refractivity contribution in [2.75, 3.05) is 6.61 Å². The zero-order valence-corrected chi connectivity index (χ0v) is 10.6. The fourth-order valence-electron chi connectivity index (χ4n) is 2.65. The van der Waals surface area contributed by atoms with Crippen LogP contribution in [-0.4, -0.2) is 37.3 Å². The topological polar surface area (TPSA) is 93.0 Å². The number of rotatable bonds is 3. The van der Waals surface area contributed by atoms with Gasteiger partial charge in [0.1, 0.15) is 6.23 Å². The van der Waals surface area contributed by atoms with E-state index in [-0.39, 0.29) is 30.4 Å². The lowest BCUT2D eigenvalue weighted by atomic mass is 10.0. The highest BCUT2D eigenvalue weighted by Crippen LogP contribution is 2.37. The van der Waals surface area contributed by atoms with Gasteiger partial charge in [0.05, 0.1) is 25.4 Å². The maximum absolute atomic E-state index is 11.6. The summed E-state index contributed by atoms with van der Waals surface area (Å²) in [5, 5.41) is 9.23. The summed E-state index contributed by atoms with van der Waals surface area (Å²) in [6.45, 7) is 2.09. The normalized spacial score (nSPS) is 27.2. The molecule has 3 heterocycles. The second-order valence-electron chi connectivity index (χ2n) is 4.79. The van der Waals surface area contributed by atoms with Gasteiger partial charge in [-0.15, -0.1) is 0 Å². The van der Waals surface area contributed by atoms with E-state index < -0.39 is 0 Å². The molecule has 0 amide bonds. The number of ether oxygens (including phenoxy) is 1. The molecule has 0 bridgehead atoms. The lowest BCUT2D eigenvalue weighted by molar-refractivity contribution is -0.0314. The molecule has 1 aliphatic heterocycles. The quantitative estimate of drug-likeness (QED) is 0.838. The van der Waals surface area contributed by atoms with E-state index >= 15 is 0 Å². The third-order valence-corrected chi connectivity index (χ3v) is 3.67. The molecule has 7 heteroatoms. The zero-order valence-electron chi connectivity index (χ0n) is 10.6. The predicted molar refractivity (Wildman–Crippen MR) is 67.5 cm³/mol. The Morgan fingerprint density at radius 1 is 1.58 bits per heavy atom. The average Bonchev–Trinajstić information content (AvgIpc) is 3.02. The van der Waals surface area contributed by atoms with Gasteiger partial charge in [0.15, 0.2) is 11.2 Å². The Labute approximate surface area is 109 Å². The van der Waals surface area contributed by atoms with Crippen molar-refractivity contribution in [3.05, 3.63) is 23.0 Å². The number of nitrogens with zero attached hydrogens (tertiary/aromatic N) is 3. The molecule has 0 spiro atoms. The number of aromatic amines is 1. The van der Waals surface area contributed by atoms with E-state index in [1.165, 1.54) is 6.33 Å². The number of aromatic nitrogens is 4. The van der Waals surface area contributed by atoms with Crippen LogP contribution in [0.15, 0.2) is 17.4 Å². The highest BCUT2D eigenvalue weighted by atomic mass is 16.5. The van der Waals surface area contributed by atoms with Crippen LogP contribution in [0.2, 0.25) is 0 Å². The number of aliphatic hydroxyl groups excluding tert-OH is 1. The largest absolute Gasteiger partial charge is 0.394 e. The summed E-state index contributed by atoms with van der Waals surface area (Å²) < 4.78 is 7.61. The fourth-order valence-corrected chi connectivity index (χ4v) is 2.65. The lowest BCUT2D eigenvalue weighted by Gasteiger charge is -2.18. The first-order chi connectivity index (χ1) is 9.24. The van der Waals surface area contributed by atoms with Crippen LogP contribution in [0.5, 0.6) is 0 Å². The van der Waals surface area contributed by atoms with E-state index in [1.807, 2.05) is 0 Å². The van der Waals surface area contributed by atoms with Crippen molar-refractivity contribution in [1.82, 2.24) is 19.5 Å². The molecule has 3 atom stereocenters. The summed E-state index contributed by atoms with van der Waals surface area (Å²) in [5.74, 6) is 0.288. The summed E-state index contributed by atoms with van der Waals surface area (Å²) in [6, 6.07) is 0. The van der Waals surface area contributed by atoms with Crippen LogP contribution in [0.4, 0.5) is 0 Å². The van der Waals surface area contributed by atoms with Crippen molar-refractivity contribution in [3.8, 4) is 0 Å². The molecule has 102 valence electrons. The van der Waals surface area contributed by atoms with E-state index in [9.17, 15) is 9.90 Å². The standard InChI is InChI=1S/C12H16N4O3/c1-2-7-3-8(4-17)19-12(7)16-6-15-9-10(16)13-5-14-11(9)18/h5-8,12,17H,2-4H2,1H3,(H,13,14,18)/t7?,8-,12+/m0/s1. The molecule has 7 nitrogen and oxygen atoms in total. The minimum atomic E-state index is -0.256. The number of nitrogens with one attached hydrogen (secondary N) is 1. The Morgan fingerprint density at radius 2 is 2.42 bits per heavy atom. The Kier molecular flexibility index (Phi) is 3.08. The van der Waals surface area contributed by atoms with Gasteiger partial charge in [-0.05, 0) is 12.8 Å². The minimum Gasteiger partial charge on any atom is -0.394 e. The monoisotopic (exact) mass is 264 g/mol. The molecule has 1 fully saturated rings. The van der Waals surface area contributed by atoms with Crippen LogP contribution in [0.3, 0.4) is 0 Å². The van der Waals surface area contributed by atoms with Crippen LogP contribution >= 0.6 is 0 Å². The van der Waals surface area contributed by atoms with Crippen molar-refractivity contribution in [2.24, 2.45) is 5.92 Å². The predicted octanol–water partition coefficient (Wildman–Crippen LogP) is 0.426. The molecule has 1 unspecified atom stereocenters. The van der Waals surface area contributed by atoms with Gasteiger partial charge >= 0.3 is 0 Å². The van der Waals surface area contributed by atoms with Gasteiger partial charge in [-0.2, -0.15) is 0 Å². The summed E-state index contributed by atoms with van der Waals surface area (Å²) in [7, 11) is 0. The minimum absolute atomic E-state index is 0.00758. The maximum atomic E-state index is 11.6. The molecule has 3 rings (SSSR count). The van der Waals surface area contributed by atoms with Crippen molar-refractivity contribution in [1.29, 1.82) is 0 Å². The molecular weight excluding hydrogens is 248 g/mol. The van der Waals surface area contributed by atoms with Crippen molar-refractivity contribution < 1.29 is 9.84 Å². The average molecular weight is 264 g/mol. The second kappa shape index (κ2) is 4.75. The first-order valence-electron chi connectivity index (χ1n) is 6.41. The van der Waals surface area contributed by atoms with E-state index in [4.69, 9.17) is 4.74 Å². The molecule has 1 saturated heterocycles. The van der Waals surface area contributed by atoms with Gasteiger partial charge in [-0.1, -0.05) is 6.92 Å². The third-order valence-electron chi connectivity index (χ3n) is 3.67. The molecule has 0 aliphatic carbocycles. The van der Waals surface area contributed by atoms with Crippen LogP contribution < -0.4 is 5.56 Å². The number of imidazole rings is 1. The number of aliphatic hydroxyl groups is 1. The van der Waals surface area contributed by atoms with Gasteiger partial charge in [0, 0.05) is 5.92 Å². The van der Waals surface area contributed by atoms with Crippen molar-refractivity contribution >= 4 is 11.2 Å². The zero-order chi connectivity index (χ0) is 13.4. The smallest absolute Gasteiger partial charge is 0.278 e. The number of hydrogen-bond donors (Lipinski definition) is 2. The van der Waals surface area contributed by atoms with Crippen LogP contribution in [-0.2, 0) is 4.74 Å². The molecule has 0 saturated carbocycles. The number of H-pyrrole nitrogens is 1. The Hall–Kier alpha value is -1.73. The molecule has 2 aromatic heterocycles. The lowest BCUT2D eigenvalue weighted by Crippen LogP contribution is -2.17. The highest BCUT2D eigenvalue weighted by Gasteiger charge is 2.35. The fraction of sp³-hybridized carbons (Fsp3) is 0.583. The van der Waals surface area contributed by atoms with Gasteiger partial charge in [-0.3, -0.25) is 9.36 Å². The molecule has 2 aromatic rings. The summed E-state index contributed by atoms with van der Waals surface area (Å²) >= 11 is 0. The first kappa shape index (κ1) is 12.3. The molecule has 19 heavy (non-hydrogen) atoms. The second-order valence-corrected chi connectivity index (χ2v) is 4.79. The van der Waals surface area contributed by atoms with Crippen LogP contribution in [0.1, 0.15) is 26.0 Å². The van der Waals surface area contributed by atoms with Crippen LogP contribution in [0.25, 0.3) is 11.2 Å². The van der Waals surface area contributed by atoms with Gasteiger partial charge in [-0.25, -0.2) is 9.97 Å². The van der Waals surface area contributed by atoms with E-state index in [0.717, 1.165) is 12.8 Å². The van der Waals surface area contributed by atoms with Gasteiger partial charge in [0.25, 0.3) is 5.56 Å². The maximum Gasteiger partial charge on any atom is 0.278 e. The van der Waals surface area contributed by atoms with E-state index in [1.54, 1.807) is 10.9 Å². The first-order valence-corrected chi connectivity index (χ1v) is 6.41. The molecular formula is C12H16N4O3. The molecule has 1 aliphatic rings. The number of fused-ring (bicyclic) bond motifs is 1. The van der Waals surface area contributed by atoms with Crippen molar-refractivity contribution in [2.45, 2.75) is 32.1 Å². The molecule has 0 aromatic carbocycles. The summed E-state index contributed by atoms with van der Waals surface area (Å²) in [4.78, 5) is 22.4. The molecule has 2 N–H and O–H groups in total. The summed E-state index contributed by atoms with van der Waals surface area (Å²) in [5.41, 5.74) is 0.577. The third kappa shape index (κ3) is 1.95. The Morgan fingerprint density at radius 3 is 3.16 bits per heavy atom. The van der Waals surface area contributed by atoms with Crippen LogP contribution in [0, 0.1) is 5.92 Å². The van der Waals surface area contributed by atoms with E-state index in [0.29, 0.717) is 11.2 Å². The highest BCUT2D eigenvalue weighted by molar-refractivity contribution is 5.68. The Balaban J connectivity index is 2.04. The number of hydrogen-bond acceptors (Lipinski definition) is 5. The molecule has 0 radical (unpaired) electrons. The van der Waals surface area contributed by atoms with Gasteiger partial charge in [0.2, 0.25) is 0 Å². The Bertz CT molecular complexity index is 635. The summed E-state index contributed by atoms with van der Waals surface area (Å²) in [6.07, 6.45) is 4.31.